The van der Waals surface area contributed by atoms with Crippen molar-refractivity contribution in [2.45, 2.75) is 38.5 Å². The van der Waals surface area contributed by atoms with Crippen molar-refractivity contribution >= 4 is 23.5 Å². The maximum Gasteiger partial charge on any atom is 0.320 e. The van der Waals surface area contributed by atoms with E-state index in [1.165, 1.54) is 25.7 Å². The van der Waals surface area contributed by atoms with Crippen LogP contribution in [0.1, 0.15) is 37.8 Å². The average molecular weight is 391 g/mol. The highest BCUT2D eigenvalue weighted by Crippen LogP contribution is 2.46. The number of hydrogen-bond donors (Lipinski definition) is 1. The Morgan fingerprint density at radius 3 is 2.52 bits per heavy atom. The fourth-order valence-corrected chi connectivity index (χ4v) is 5.01. The van der Waals surface area contributed by atoms with E-state index in [2.05, 4.69) is 4.98 Å². The number of nitrogens with two attached hydrogens (primary N) is 1. The summed E-state index contributed by atoms with van der Waals surface area (Å²) in [5, 5.41) is 0.681. The number of carbonyl (C=O) groups is 2. The zero-order chi connectivity index (χ0) is 19.0. The molecule has 3 aliphatic rings. The molecule has 146 valence electrons. The van der Waals surface area contributed by atoms with Gasteiger partial charge in [0.15, 0.2) is 0 Å². The molecule has 1 saturated carbocycles. The average Bonchev–Trinajstić information content (AvgIpc) is 3.12. The first-order chi connectivity index (χ1) is 12.9. The fourth-order valence-electron chi connectivity index (χ4n) is 4.90. The predicted octanol–water partition coefficient (Wildman–Crippen LogP) is 2.70. The van der Waals surface area contributed by atoms with E-state index in [1.807, 2.05) is 17.0 Å². The molecule has 3 heterocycles. The summed E-state index contributed by atoms with van der Waals surface area (Å²) in [5.74, 6) is 0.198. The minimum absolute atomic E-state index is 0.0804. The molecular weight excluding hydrogens is 364 g/mol. The van der Waals surface area contributed by atoms with Gasteiger partial charge in [0.25, 0.3) is 0 Å². The molecule has 27 heavy (non-hydrogen) atoms. The van der Waals surface area contributed by atoms with E-state index in [9.17, 15) is 9.59 Å². The third kappa shape index (κ3) is 3.91. The second-order valence-corrected chi connectivity index (χ2v) is 9.02. The van der Waals surface area contributed by atoms with Crippen molar-refractivity contribution in [3.63, 3.8) is 0 Å². The van der Waals surface area contributed by atoms with Crippen LogP contribution in [0.3, 0.4) is 0 Å². The summed E-state index contributed by atoms with van der Waals surface area (Å²) in [4.78, 5) is 32.1. The lowest BCUT2D eigenvalue weighted by Gasteiger charge is -2.54. The van der Waals surface area contributed by atoms with Crippen molar-refractivity contribution < 1.29 is 9.59 Å². The Hall–Kier alpha value is -1.82. The first-order valence-corrected chi connectivity index (χ1v) is 10.3. The Morgan fingerprint density at radius 2 is 1.93 bits per heavy atom. The largest absolute Gasteiger partial charge is 0.369 e. The van der Waals surface area contributed by atoms with Crippen LogP contribution >= 0.6 is 11.6 Å². The molecular formula is C20H27ClN4O2. The SMILES string of the molecule is NC(=O)[C@H]1CCN(C(=O)N2CC3(CCC(Cc4ccc(Cl)cn4)CC3)C2)C1. The van der Waals surface area contributed by atoms with Gasteiger partial charge in [0.1, 0.15) is 0 Å². The van der Waals surface area contributed by atoms with Crippen LogP contribution in [0.4, 0.5) is 4.79 Å². The quantitative estimate of drug-likeness (QED) is 0.861. The molecule has 0 bridgehead atoms. The monoisotopic (exact) mass is 390 g/mol. The summed E-state index contributed by atoms with van der Waals surface area (Å²) in [7, 11) is 0. The van der Waals surface area contributed by atoms with Crippen molar-refractivity contribution in [2.24, 2.45) is 23.0 Å². The molecule has 2 aliphatic heterocycles. The van der Waals surface area contributed by atoms with Gasteiger partial charge in [-0.15, -0.1) is 0 Å². The zero-order valence-corrected chi connectivity index (χ0v) is 16.3. The number of halogens is 1. The number of aromatic nitrogens is 1. The number of rotatable bonds is 3. The van der Waals surface area contributed by atoms with Gasteiger partial charge in [0.2, 0.25) is 5.91 Å². The molecule has 2 N–H and O–H groups in total. The van der Waals surface area contributed by atoms with Gasteiger partial charge in [-0.25, -0.2) is 4.79 Å². The van der Waals surface area contributed by atoms with Crippen molar-refractivity contribution in [2.75, 3.05) is 26.2 Å². The Bertz CT molecular complexity index is 707. The van der Waals surface area contributed by atoms with E-state index in [0.717, 1.165) is 25.2 Å². The van der Waals surface area contributed by atoms with Gasteiger partial charge in [0, 0.05) is 43.5 Å². The molecule has 1 atom stereocenters. The number of hydrogen-bond acceptors (Lipinski definition) is 3. The van der Waals surface area contributed by atoms with Gasteiger partial charge in [-0.3, -0.25) is 9.78 Å². The van der Waals surface area contributed by atoms with E-state index in [4.69, 9.17) is 17.3 Å². The second-order valence-electron chi connectivity index (χ2n) is 8.59. The Labute approximate surface area is 165 Å². The minimum atomic E-state index is -0.293. The topological polar surface area (TPSA) is 79.5 Å². The molecule has 0 aromatic carbocycles. The number of primary amides is 1. The number of pyridine rings is 1. The molecule has 0 radical (unpaired) electrons. The molecule has 2 saturated heterocycles. The van der Waals surface area contributed by atoms with Crippen LogP contribution in [-0.2, 0) is 11.2 Å². The van der Waals surface area contributed by atoms with Gasteiger partial charge >= 0.3 is 6.03 Å². The van der Waals surface area contributed by atoms with Crippen LogP contribution in [0.2, 0.25) is 5.02 Å². The van der Waals surface area contributed by atoms with Gasteiger partial charge < -0.3 is 15.5 Å². The molecule has 7 heteroatoms. The first kappa shape index (κ1) is 18.5. The number of amides is 3. The van der Waals surface area contributed by atoms with E-state index < -0.39 is 0 Å². The lowest BCUT2D eigenvalue weighted by atomic mass is 9.65. The summed E-state index contributed by atoms with van der Waals surface area (Å²) in [6.07, 6.45) is 8.17. The molecule has 3 amide bonds. The van der Waals surface area contributed by atoms with Crippen LogP contribution in [0, 0.1) is 17.3 Å². The van der Waals surface area contributed by atoms with Crippen molar-refractivity contribution in [1.29, 1.82) is 0 Å². The van der Waals surface area contributed by atoms with Crippen LogP contribution < -0.4 is 5.73 Å². The molecule has 0 unspecified atom stereocenters. The number of urea groups is 1. The van der Waals surface area contributed by atoms with Crippen LogP contribution in [0.15, 0.2) is 18.3 Å². The molecule has 1 spiro atoms. The highest BCUT2D eigenvalue weighted by molar-refractivity contribution is 6.30. The zero-order valence-electron chi connectivity index (χ0n) is 15.6. The molecule has 1 aromatic rings. The highest BCUT2D eigenvalue weighted by atomic mass is 35.5. The number of likely N-dealkylation sites (tertiary alicyclic amines) is 2. The first-order valence-electron chi connectivity index (χ1n) is 9.88. The van der Waals surface area contributed by atoms with Gasteiger partial charge in [-0.1, -0.05) is 11.6 Å². The fraction of sp³-hybridized carbons (Fsp3) is 0.650. The highest BCUT2D eigenvalue weighted by Gasteiger charge is 2.48. The lowest BCUT2D eigenvalue weighted by molar-refractivity contribution is -0.121. The predicted molar refractivity (Wildman–Crippen MR) is 103 cm³/mol. The summed E-state index contributed by atoms with van der Waals surface area (Å²) >= 11 is 5.91. The maximum atomic E-state index is 12.6. The minimum Gasteiger partial charge on any atom is -0.369 e. The summed E-state index contributed by atoms with van der Waals surface area (Å²) in [6.45, 7) is 2.84. The Morgan fingerprint density at radius 1 is 1.19 bits per heavy atom. The Balaban J connectivity index is 1.23. The van der Waals surface area contributed by atoms with E-state index >= 15 is 0 Å². The van der Waals surface area contributed by atoms with Crippen LogP contribution in [0.5, 0.6) is 0 Å². The molecule has 1 aromatic heterocycles. The van der Waals surface area contributed by atoms with Crippen molar-refractivity contribution in [3.05, 3.63) is 29.0 Å². The van der Waals surface area contributed by atoms with Gasteiger partial charge in [0.05, 0.1) is 10.9 Å². The molecule has 4 rings (SSSR count). The van der Waals surface area contributed by atoms with E-state index in [1.54, 1.807) is 11.1 Å². The standard InChI is InChI=1S/C20H27ClN4O2/c21-16-1-2-17(23-10-16)9-14-3-6-20(7-4-14)12-25(13-20)19(27)24-8-5-15(11-24)18(22)26/h1-2,10,14-15H,3-9,11-13H2,(H2,22,26)/t15-/m0/s1. The summed E-state index contributed by atoms with van der Waals surface area (Å²) < 4.78 is 0. The van der Waals surface area contributed by atoms with Gasteiger partial charge in [-0.2, -0.15) is 0 Å². The van der Waals surface area contributed by atoms with Crippen LogP contribution in [0.25, 0.3) is 0 Å². The third-order valence-electron chi connectivity index (χ3n) is 6.64. The number of carbonyl (C=O) groups excluding carboxylic acids is 2. The van der Waals surface area contributed by atoms with E-state index in [0.29, 0.717) is 35.9 Å². The lowest BCUT2D eigenvalue weighted by Crippen LogP contribution is -2.62. The van der Waals surface area contributed by atoms with Crippen molar-refractivity contribution in [3.8, 4) is 0 Å². The smallest absolute Gasteiger partial charge is 0.320 e. The molecule has 1 aliphatic carbocycles. The normalized spacial score (nSPS) is 24.9. The van der Waals surface area contributed by atoms with E-state index in [-0.39, 0.29) is 17.9 Å². The molecule has 3 fully saturated rings. The number of nitrogens with zero attached hydrogens (tertiary/aromatic N) is 3. The maximum absolute atomic E-state index is 12.6. The second kappa shape index (κ2) is 7.30. The van der Waals surface area contributed by atoms with Crippen molar-refractivity contribution in [1.82, 2.24) is 14.8 Å². The van der Waals surface area contributed by atoms with Gasteiger partial charge in [-0.05, 0) is 56.6 Å². The Kier molecular flexibility index (Phi) is 5.01. The molecule has 6 nitrogen and oxygen atoms in total. The van der Waals surface area contributed by atoms with Crippen LogP contribution in [-0.4, -0.2) is 52.9 Å². The third-order valence-corrected chi connectivity index (χ3v) is 6.86. The summed E-state index contributed by atoms with van der Waals surface area (Å²) in [6, 6.07) is 4.01. The summed E-state index contributed by atoms with van der Waals surface area (Å²) in [5.41, 5.74) is 6.79.